The van der Waals surface area contributed by atoms with Gasteiger partial charge in [-0.15, -0.1) is 11.8 Å². The number of benzene rings is 1. The summed E-state index contributed by atoms with van der Waals surface area (Å²) in [6, 6.07) is 3.56. The first-order chi connectivity index (χ1) is 11.8. The maximum Gasteiger partial charge on any atom is 0.352 e. The topological polar surface area (TPSA) is 130 Å². The van der Waals surface area contributed by atoms with Crippen LogP contribution in [0.3, 0.4) is 0 Å². The Balaban J connectivity index is 1.79. The number of nitrogens with two attached hydrogens (primary N) is 1. The molecule has 132 valence electrons. The summed E-state index contributed by atoms with van der Waals surface area (Å²) < 4.78 is 5.54. The molecular weight excluding hydrogens is 348 g/mol. The van der Waals surface area contributed by atoms with E-state index in [1.54, 1.807) is 0 Å². The van der Waals surface area contributed by atoms with E-state index in [0.717, 1.165) is 0 Å². The second-order valence-electron chi connectivity index (χ2n) is 5.72. The number of aliphatic carboxylic acids is 1. The Labute approximate surface area is 147 Å². The van der Waals surface area contributed by atoms with Gasteiger partial charge in [-0.05, 0) is 19.1 Å². The van der Waals surface area contributed by atoms with Crippen LogP contribution >= 0.6 is 11.8 Å². The number of ether oxygens (including phenoxy) is 1. The molecule has 1 fully saturated rings. The molecule has 0 spiro atoms. The number of phenols is 1. The molecule has 3 rings (SSSR count). The van der Waals surface area contributed by atoms with E-state index in [9.17, 15) is 24.6 Å². The van der Waals surface area contributed by atoms with Crippen molar-refractivity contribution >= 4 is 29.4 Å². The third-order valence-corrected chi connectivity index (χ3v) is 5.41. The number of amides is 1. The zero-order valence-electron chi connectivity index (χ0n) is 13.3. The molecule has 2 aliphatic rings. The minimum absolute atomic E-state index is 0.0563. The van der Waals surface area contributed by atoms with Crippen molar-refractivity contribution in [3.63, 3.8) is 0 Å². The van der Waals surface area contributed by atoms with Crippen molar-refractivity contribution in [1.29, 1.82) is 0 Å². The van der Waals surface area contributed by atoms with Gasteiger partial charge in [0, 0.05) is 17.4 Å². The number of Topliss-reactive ketones (excluding diaryl/α,β-unsaturated/α-hetero) is 1. The average Bonchev–Trinajstić information content (AvgIpc) is 2.57. The van der Waals surface area contributed by atoms with E-state index in [0.29, 0.717) is 17.1 Å². The van der Waals surface area contributed by atoms with Gasteiger partial charge in [-0.1, -0.05) is 0 Å². The molecule has 0 aromatic heterocycles. The van der Waals surface area contributed by atoms with Crippen molar-refractivity contribution in [3.8, 4) is 11.5 Å². The molecule has 1 aromatic carbocycles. The summed E-state index contributed by atoms with van der Waals surface area (Å²) in [6.45, 7) is 1.28. The molecule has 1 amide bonds. The van der Waals surface area contributed by atoms with E-state index < -0.39 is 17.9 Å². The first-order valence-electron chi connectivity index (χ1n) is 7.43. The van der Waals surface area contributed by atoms with Crippen LogP contribution in [0.25, 0.3) is 0 Å². The summed E-state index contributed by atoms with van der Waals surface area (Å²) in [5.74, 6) is -1.45. The maximum atomic E-state index is 11.9. The molecule has 0 bridgehead atoms. The molecule has 1 aromatic rings. The molecule has 0 aliphatic carbocycles. The predicted molar refractivity (Wildman–Crippen MR) is 89.3 cm³/mol. The van der Waals surface area contributed by atoms with Crippen LogP contribution in [0.5, 0.6) is 11.5 Å². The molecule has 1 saturated heterocycles. The normalized spacial score (nSPS) is 22.3. The lowest BCUT2D eigenvalue weighted by Gasteiger charge is -2.47. The molecule has 4 N–H and O–H groups in total. The van der Waals surface area contributed by atoms with Gasteiger partial charge in [0.25, 0.3) is 0 Å². The lowest BCUT2D eigenvalue weighted by molar-refractivity contribution is -0.148. The number of hydrogen-bond acceptors (Lipinski definition) is 7. The van der Waals surface area contributed by atoms with Gasteiger partial charge in [0.2, 0.25) is 5.91 Å². The van der Waals surface area contributed by atoms with E-state index in [4.69, 9.17) is 10.5 Å². The number of carboxylic acid groups (broad SMARTS) is 1. The highest BCUT2D eigenvalue weighted by molar-refractivity contribution is 8.00. The molecule has 2 heterocycles. The largest absolute Gasteiger partial charge is 0.507 e. The zero-order valence-corrected chi connectivity index (χ0v) is 14.1. The monoisotopic (exact) mass is 364 g/mol. The second kappa shape index (κ2) is 6.41. The van der Waals surface area contributed by atoms with Crippen LogP contribution in [0.4, 0.5) is 0 Å². The molecule has 2 aliphatic heterocycles. The average molecular weight is 364 g/mol. The number of β-lactam (4-membered cyclic amide) rings is 1. The minimum Gasteiger partial charge on any atom is -0.507 e. The molecular formula is C16H16N2O6S. The van der Waals surface area contributed by atoms with Gasteiger partial charge in [0.1, 0.15) is 35.2 Å². The fourth-order valence-electron chi connectivity index (χ4n) is 2.76. The Morgan fingerprint density at radius 3 is 2.76 bits per heavy atom. The van der Waals surface area contributed by atoms with E-state index in [2.05, 4.69) is 0 Å². The minimum atomic E-state index is -1.21. The number of ketones is 1. The maximum absolute atomic E-state index is 11.9. The van der Waals surface area contributed by atoms with Crippen molar-refractivity contribution in [1.82, 2.24) is 4.90 Å². The number of carboxylic acids is 1. The van der Waals surface area contributed by atoms with E-state index in [1.807, 2.05) is 0 Å². The van der Waals surface area contributed by atoms with Crippen LogP contribution in [0.15, 0.2) is 29.5 Å². The standard InChI is InChI=1S/C16H16N2O6S/c1-7(19)10-3-2-9(4-11(10)20)24-5-8-6-25-15-12(17)14(21)18(15)13(8)16(22)23/h2-4,12,15,20H,5-6,17H2,1H3,(H,22,23). The van der Waals surface area contributed by atoms with E-state index in [1.165, 1.54) is 41.8 Å². The van der Waals surface area contributed by atoms with Crippen LogP contribution in [0.1, 0.15) is 17.3 Å². The third-order valence-electron chi connectivity index (χ3n) is 4.05. The van der Waals surface area contributed by atoms with Crippen LogP contribution in [-0.4, -0.2) is 56.5 Å². The van der Waals surface area contributed by atoms with E-state index >= 15 is 0 Å². The molecule has 25 heavy (non-hydrogen) atoms. The van der Waals surface area contributed by atoms with Gasteiger partial charge in [-0.2, -0.15) is 0 Å². The highest BCUT2D eigenvalue weighted by Gasteiger charge is 2.51. The summed E-state index contributed by atoms with van der Waals surface area (Å²) in [5.41, 5.74) is 6.22. The number of carbonyl (C=O) groups is 3. The number of rotatable bonds is 5. The van der Waals surface area contributed by atoms with Gasteiger partial charge in [0.15, 0.2) is 5.78 Å². The van der Waals surface area contributed by atoms with Crippen LogP contribution in [0.2, 0.25) is 0 Å². The zero-order chi connectivity index (χ0) is 18.3. The highest BCUT2D eigenvalue weighted by atomic mass is 32.2. The molecule has 8 nitrogen and oxygen atoms in total. The van der Waals surface area contributed by atoms with Crippen molar-refractivity contribution < 1.29 is 29.3 Å². The van der Waals surface area contributed by atoms with Crippen LogP contribution < -0.4 is 10.5 Å². The summed E-state index contributed by atoms with van der Waals surface area (Å²) in [4.78, 5) is 35.9. The summed E-state index contributed by atoms with van der Waals surface area (Å²) >= 11 is 1.38. The summed E-state index contributed by atoms with van der Waals surface area (Å²) in [5, 5.41) is 18.9. The Morgan fingerprint density at radius 2 is 2.16 bits per heavy atom. The van der Waals surface area contributed by atoms with Crippen molar-refractivity contribution in [2.24, 2.45) is 5.73 Å². The molecule has 2 atom stereocenters. The SMILES string of the molecule is CC(=O)c1ccc(OCC2=C(C(=O)O)N3C(=O)C(N)C3SC2)cc1O. The molecule has 9 heteroatoms. The number of phenolic OH excluding ortho intramolecular Hbond substituents is 1. The Morgan fingerprint density at radius 1 is 1.44 bits per heavy atom. The van der Waals surface area contributed by atoms with E-state index in [-0.39, 0.29) is 34.8 Å². The number of fused-ring (bicyclic) bond motifs is 1. The van der Waals surface area contributed by atoms with Crippen molar-refractivity contribution in [2.75, 3.05) is 12.4 Å². The van der Waals surface area contributed by atoms with Crippen LogP contribution in [0, 0.1) is 0 Å². The first kappa shape index (κ1) is 17.3. The van der Waals surface area contributed by atoms with Crippen LogP contribution in [-0.2, 0) is 9.59 Å². The molecule has 2 unspecified atom stereocenters. The fourth-order valence-corrected chi connectivity index (χ4v) is 4.03. The highest BCUT2D eigenvalue weighted by Crippen LogP contribution is 2.39. The molecule has 0 saturated carbocycles. The lowest BCUT2D eigenvalue weighted by Crippen LogP contribution is -2.68. The number of carbonyl (C=O) groups excluding carboxylic acids is 2. The van der Waals surface area contributed by atoms with Gasteiger partial charge in [-0.25, -0.2) is 4.79 Å². The van der Waals surface area contributed by atoms with Gasteiger partial charge in [-0.3, -0.25) is 14.5 Å². The number of hydrogen-bond donors (Lipinski definition) is 3. The van der Waals surface area contributed by atoms with Crippen molar-refractivity contribution in [2.45, 2.75) is 18.3 Å². The Hall–Kier alpha value is -2.52. The van der Waals surface area contributed by atoms with Crippen molar-refractivity contribution in [3.05, 3.63) is 35.0 Å². The van der Waals surface area contributed by atoms with Gasteiger partial charge >= 0.3 is 5.97 Å². The fraction of sp³-hybridized carbons (Fsp3) is 0.312. The quantitative estimate of drug-likeness (QED) is 0.510. The third kappa shape index (κ3) is 2.96. The Bertz CT molecular complexity index is 806. The number of thioether (sulfide) groups is 1. The Kier molecular flexibility index (Phi) is 4.44. The summed E-state index contributed by atoms with van der Waals surface area (Å²) in [7, 11) is 0. The molecule has 0 radical (unpaired) electrons. The number of aromatic hydroxyl groups is 1. The lowest BCUT2D eigenvalue weighted by atomic mass is 10.0. The van der Waals surface area contributed by atoms with Gasteiger partial charge in [0.05, 0.1) is 5.56 Å². The smallest absolute Gasteiger partial charge is 0.352 e. The van der Waals surface area contributed by atoms with Gasteiger partial charge < -0.3 is 20.7 Å². The summed E-state index contributed by atoms with van der Waals surface area (Å²) in [6.07, 6.45) is 0. The second-order valence-corrected chi connectivity index (χ2v) is 6.82. The first-order valence-corrected chi connectivity index (χ1v) is 8.48. The number of nitrogens with zero attached hydrogens (tertiary/aromatic N) is 1. The predicted octanol–water partition coefficient (Wildman–Crippen LogP) is 0.555.